The van der Waals surface area contributed by atoms with Crippen LogP contribution in [0, 0.1) is 17.8 Å². The number of rotatable bonds is 2. The average Bonchev–Trinajstić information content (AvgIpc) is 2.96. The molecule has 17 heavy (non-hydrogen) atoms. The lowest BCUT2D eigenvalue weighted by atomic mass is 10.00. The van der Waals surface area contributed by atoms with E-state index in [0.717, 1.165) is 18.4 Å². The summed E-state index contributed by atoms with van der Waals surface area (Å²) in [4.78, 5) is 25.7. The monoisotopic (exact) mass is 233 g/mol. The SMILES string of the molecule is CC1CC2C(=O)N(Cc3cn[nH]c3)C(=O)C2C1. The lowest BCUT2D eigenvalue weighted by Gasteiger charge is -2.15. The van der Waals surface area contributed by atoms with Crippen molar-refractivity contribution in [2.24, 2.45) is 17.8 Å². The minimum atomic E-state index is -0.0654. The zero-order valence-corrected chi connectivity index (χ0v) is 9.72. The molecular formula is C12H15N3O2. The smallest absolute Gasteiger partial charge is 0.233 e. The van der Waals surface area contributed by atoms with Crippen molar-refractivity contribution in [3.63, 3.8) is 0 Å². The van der Waals surface area contributed by atoms with Crippen LogP contribution in [0.3, 0.4) is 0 Å². The minimum absolute atomic E-state index is 0.00514. The number of carbonyl (C=O) groups is 2. The molecule has 1 aliphatic heterocycles. The lowest BCUT2D eigenvalue weighted by Crippen LogP contribution is -2.31. The molecule has 2 fully saturated rings. The quantitative estimate of drug-likeness (QED) is 0.773. The van der Waals surface area contributed by atoms with Crippen LogP contribution >= 0.6 is 0 Å². The summed E-state index contributed by atoms with van der Waals surface area (Å²) < 4.78 is 0. The second-order valence-corrected chi connectivity index (χ2v) is 5.16. The summed E-state index contributed by atoms with van der Waals surface area (Å²) in [5.41, 5.74) is 0.875. The van der Waals surface area contributed by atoms with Crippen LogP contribution < -0.4 is 0 Å². The highest BCUT2D eigenvalue weighted by atomic mass is 16.2. The minimum Gasteiger partial charge on any atom is -0.285 e. The molecule has 1 saturated carbocycles. The predicted octanol–water partition coefficient (Wildman–Crippen LogP) is 0.941. The third-order valence-electron chi connectivity index (χ3n) is 3.86. The molecule has 2 amide bonds. The van der Waals surface area contributed by atoms with Gasteiger partial charge in [0.15, 0.2) is 0 Å². The normalized spacial score (nSPS) is 32.3. The van der Waals surface area contributed by atoms with Crippen molar-refractivity contribution >= 4 is 11.8 Å². The fourth-order valence-electron chi connectivity index (χ4n) is 3.05. The number of likely N-dealkylation sites (tertiary alicyclic amines) is 1. The molecular weight excluding hydrogens is 218 g/mol. The Morgan fingerprint density at radius 2 is 2.00 bits per heavy atom. The van der Waals surface area contributed by atoms with Crippen molar-refractivity contribution in [2.45, 2.75) is 26.3 Å². The number of hydrogen-bond donors (Lipinski definition) is 1. The van der Waals surface area contributed by atoms with Crippen LogP contribution in [0.25, 0.3) is 0 Å². The molecule has 5 nitrogen and oxygen atoms in total. The summed E-state index contributed by atoms with van der Waals surface area (Å²) in [5.74, 6) is 0.374. The van der Waals surface area contributed by atoms with Gasteiger partial charge in [-0.05, 0) is 18.8 Å². The van der Waals surface area contributed by atoms with Crippen molar-refractivity contribution in [1.29, 1.82) is 0 Å². The summed E-state index contributed by atoms with van der Waals surface area (Å²) in [6.45, 7) is 2.47. The van der Waals surface area contributed by atoms with Crippen LogP contribution in [0.15, 0.2) is 12.4 Å². The van der Waals surface area contributed by atoms with Gasteiger partial charge in [-0.3, -0.25) is 19.6 Å². The molecule has 1 aliphatic carbocycles. The Morgan fingerprint density at radius 1 is 1.35 bits per heavy atom. The Morgan fingerprint density at radius 3 is 2.53 bits per heavy atom. The first-order valence-electron chi connectivity index (χ1n) is 5.99. The average molecular weight is 233 g/mol. The Hall–Kier alpha value is -1.65. The molecule has 2 heterocycles. The van der Waals surface area contributed by atoms with E-state index in [-0.39, 0.29) is 23.7 Å². The highest BCUT2D eigenvalue weighted by Gasteiger charge is 2.51. The summed E-state index contributed by atoms with van der Waals surface area (Å²) >= 11 is 0. The zero-order chi connectivity index (χ0) is 12.0. The number of aromatic amines is 1. The molecule has 0 radical (unpaired) electrons. The third-order valence-corrected chi connectivity index (χ3v) is 3.86. The van der Waals surface area contributed by atoms with Crippen molar-refractivity contribution < 1.29 is 9.59 Å². The van der Waals surface area contributed by atoms with E-state index in [9.17, 15) is 9.59 Å². The van der Waals surface area contributed by atoms with Gasteiger partial charge in [0.05, 0.1) is 24.6 Å². The number of amides is 2. The van der Waals surface area contributed by atoms with Crippen molar-refractivity contribution in [1.82, 2.24) is 15.1 Å². The van der Waals surface area contributed by atoms with E-state index in [0.29, 0.717) is 12.5 Å². The fraction of sp³-hybridized carbons (Fsp3) is 0.583. The molecule has 0 aromatic carbocycles. The Kier molecular flexibility index (Phi) is 2.28. The molecule has 2 atom stereocenters. The number of hydrogen-bond acceptors (Lipinski definition) is 3. The maximum atomic E-state index is 12.1. The Bertz CT molecular complexity index is 430. The van der Waals surface area contributed by atoms with Gasteiger partial charge < -0.3 is 0 Å². The first-order valence-corrected chi connectivity index (χ1v) is 5.99. The predicted molar refractivity (Wildman–Crippen MR) is 59.5 cm³/mol. The van der Waals surface area contributed by atoms with Crippen molar-refractivity contribution in [3.05, 3.63) is 18.0 Å². The van der Waals surface area contributed by atoms with Crippen molar-refractivity contribution in [2.75, 3.05) is 0 Å². The van der Waals surface area contributed by atoms with E-state index in [1.54, 1.807) is 12.4 Å². The van der Waals surface area contributed by atoms with Crippen LogP contribution in [0.5, 0.6) is 0 Å². The Labute approximate surface area is 99.2 Å². The van der Waals surface area contributed by atoms with E-state index < -0.39 is 0 Å². The molecule has 0 spiro atoms. The molecule has 3 rings (SSSR count). The molecule has 90 valence electrons. The first kappa shape index (κ1) is 10.5. The molecule has 5 heteroatoms. The maximum absolute atomic E-state index is 12.1. The number of aromatic nitrogens is 2. The van der Waals surface area contributed by atoms with Crippen LogP contribution in [0.1, 0.15) is 25.3 Å². The van der Waals surface area contributed by atoms with Gasteiger partial charge >= 0.3 is 0 Å². The molecule has 1 aromatic rings. The maximum Gasteiger partial charge on any atom is 0.233 e. The van der Waals surface area contributed by atoms with E-state index >= 15 is 0 Å². The zero-order valence-electron chi connectivity index (χ0n) is 9.72. The summed E-state index contributed by atoms with van der Waals surface area (Å²) in [6, 6.07) is 0. The van der Waals surface area contributed by atoms with Gasteiger partial charge in [-0.1, -0.05) is 6.92 Å². The summed E-state index contributed by atoms with van der Waals surface area (Å²) in [7, 11) is 0. The highest BCUT2D eigenvalue weighted by Crippen LogP contribution is 2.43. The molecule has 1 aromatic heterocycles. The van der Waals surface area contributed by atoms with E-state index in [4.69, 9.17) is 0 Å². The van der Waals surface area contributed by atoms with Gasteiger partial charge in [-0.25, -0.2) is 0 Å². The third kappa shape index (κ3) is 1.57. The summed E-state index contributed by atoms with van der Waals surface area (Å²) in [6.07, 6.45) is 5.09. The highest BCUT2D eigenvalue weighted by molar-refractivity contribution is 6.05. The molecule has 1 N–H and O–H groups in total. The van der Waals surface area contributed by atoms with Crippen molar-refractivity contribution in [3.8, 4) is 0 Å². The van der Waals surface area contributed by atoms with Gasteiger partial charge in [0.1, 0.15) is 0 Å². The summed E-state index contributed by atoms with van der Waals surface area (Å²) in [5, 5.41) is 6.52. The Balaban J connectivity index is 1.80. The van der Waals surface area contributed by atoms with Crippen LogP contribution in [-0.2, 0) is 16.1 Å². The topological polar surface area (TPSA) is 66.1 Å². The number of H-pyrrole nitrogens is 1. The number of imide groups is 1. The second kappa shape index (κ2) is 3.68. The van der Waals surface area contributed by atoms with Gasteiger partial charge in [-0.15, -0.1) is 0 Å². The van der Waals surface area contributed by atoms with Crippen LogP contribution in [0.2, 0.25) is 0 Å². The van der Waals surface area contributed by atoms with Gasteiger partial charge in [0.25, 0.3) is 0 Å². The van der Waals surface area contributed by atoms with Gasteiger partial charge in [0, 0.05) is 11.8 Å². The van der Waals surface area contributed by atoms with E-state index in [1.807, 2.05) is 0 Å². The molecule has 2 unspecified atom stereocenters. The number of carbonyl (C=O) groups excluding carboxylic acids is 2. The van der Waals surface area contributed by atoms with Crippen LogP contribution in [0.4, 0.5) is 0 Å². The van der Waals surface area contributed by atoms with Gasteiger partial charge in [-0.2, -0.15) is 5.10 Å². The molecule has 1 saturated heterocycles. The number of nitrogens with one attached hydrogen (secondary N) is 1. The van der Waals surface area contributed by atoms with E-state index in [1.165, 1.54) is 4.90 Å². The number of fused-ring (bicyclic) bond motifs is 1. The van der Waals surface area contributed by atoms with Crippen LogP contribution in [-0.4, -0.2) is 26.9 Å². The molecule has 0 bridgehead atoms. The number of nitrogens with zero attached hydrogens (tertiary/aromatic N) is 2. The second-order valence-electron chi connectivity index (χ2n) is 5.16. The largest absolute Gasteiger partial charge is 0.285 e. The molecule has 2 aliphatic rings. The van der Waals surface area contributed by atoms with E-state index in [2.05, 4.69) is 17.1 Å². The first-order chi connectivity index (χ1) is 8.16. The standard InChI is InChI=1S/C12H15N3O2/c1-7-2-9-10(3-7)12(17)15(11(9)16)6-8-4-13-14-5-8/h4-5,7,9-10H,2-3,6H2,1H3,(H,13,14). The lowest BCUT2D eigenvalue weighted by molar-refractivity contribution is -0.141. The fourth-order valence-corrected chi connectivity index (χ4v) is 3.05. The van der Waals surface area contributed by atoms with Gasteiger partial charge in [0.2, 0.25) is 11.8 Å².